The average molecular weight is 388 g/mol. The van der Waals surface area contributed by atoms with Gasteiger partial charge >= 0.3 is 0 Å². The molecule has 1 saturated heterocycles. The molecule has 0 spiro atoms. The summed E-state index contributed by atoms with van der Waals surface area (Å²) in [7, 11) is 1.82. The molecule has 140 valence electrons. The number of likely N-dealkylation sites (N-methyl/N-ethyl adjacent to an activating group) is 1. The van der Waals surface area contributed by atoms with Crippen molar-refractivity contribution in [2.45, 2.75) is 6.92 Å². The van der Waals surface area contributed by atoms with E-state index < -0.39 is 0 Å². The normalized spacial score (nSPS) is 15.7. The Morgan fingerprint density at radius 2 is 1.71 bits per heavy atom. The Bertz CT molecular complexity index is 1090. The Morgan fingerprint density at radius 3 is 2.46 bits per heavy atom. The monoisotopic (exact) mass is 388 g/mol. The maximum Gasteiger partial charge on any atom is 0.281 e. The molecule has 1 fully saturated rings. The molecule has 0 aromatic heterocycles. The SMILES string of the molecule is CCOc1ccc2ccccc2c1/C=C1/C(=O)N(c2ccccc2)C(=S)N1C. The summed E-state index contributed by atoms with van der Waals surface area (Å²) in [5.74, 6) is 0.605. The Hall–Kier alpha value is -3.18. The average Bonchev–Trinajstić information content (AvgIpc) is 2.93. The van der Waals surface area contributed by atoms with Crippen molar-refractivity contribution >= 4 is 45.8 Å². The van der Waals surface area contributed by atoms with Gasteiger partial charge in [-0.15, -0.1) is 0 Å². The van der Waals surface area contributed by atoms with E-state index >= 15 is 0 Å². The molecule has 0 unspecified atom stereocenters. The third kappa shape index (κ3) is 3.04. The van der Waals surface area contributed by atoms with E-state index in [-0.39, 0.29) is 5.91 Å². The van der Waals surface area contributed by atoms with E-state index in [0.717, 1.165) is 27.8 Å². The van der Waals surface area contributed by atoms with Crippen molar-refractivity contribution in [3.63, 3.8) is 0 Å². The number of anilines is 1. The van der Waals surface area contributed by atoms with Crippen LogP contribution in [0.2, 0.25) is 0 Å². The van der Waals surface area contributed by atoms with Gasteiger partial charge in [-0.05, 0) is 54.2 Å². The topological polar surface area (TPSA) is 32.8 Å². The summed E-state index contributed by atoms with van der Waals surface area (Å²) in [4.78, 5) is 16.5. The number of rotatable bonds is 4. The van der Waals surface area contributed by atoms with E-state index in [1.54, 1.807) is 9.80 Å². The fraction of sp³-hybridized carbons (Fsp3) is 0.130. The van der Waals surface area contributed by atoms with Gasteiger partial charge in [0.25, 0.3) is 5.91 Å². The van der Waals surface area contributed by atoms with E-state index in [1.165, 1.54) is 0 Å². The number of fused-ring (bicyclic) bond motifs is 1. The second kappa shape index (κ2) is 7.44. The number of carbonyl (C=O) groups is 1. The second-order valence-electron chi connectivity index (χ2n) is 6.48. The van der Waals surface area contributed by atoms with Crippen molar-refractivity contribution in [2.24, 2.45) is 0 Å². The molecular formula is C23H20N2O2S. The van der Waals surface area contributed by atoms with E-state index in [2.05, 4.69) is 0 Å². The summed E-state index contributed by atoms with van der Waals surface area (Å²) in [5.41, 5.74) is 2.16. The maximum atomic E-state index is 13.2. The molecular weight excluding hydrogens is 368 g/mol. The van der Waals surface area contributed by atoms with Gasteiger partial charge in [0.2, 0.25) is 0 Å². The lowest BCUT2D eigenvalue weighted by Crippen LogP contribution is -2.30. The molecule has 4 rings (SSSR count). The van der Waals surface area contributed by atoms with Crippen molar-refractivity contribution in [1.82, 2.24) is 4.90 Å². The van der Waals surface area contributed by atoms with Gasteiger partial charge in [0, 0.05) is 12.6 Å². The van der Waals surface area contributed by atoms with Crippen molar-refractivity contribution in [3.8, 4) is 5.75 Å². The van der Waals surface area contributed by atoms with Crippen LogP contribution in [0.1, 0.15) is 12.5 Å². The first-order valence-electron chi connectivity index (χ1n) is 9.15. The summed E-state index contributed by atoms with van der Waals surface area (Å²) in [6, 6.07) is 21.5. The largest absolute Gasteiger partial charge is 0.493 e. The summed E-state index contributed by atoms with van der Waals surface area (Å²) in [6.45, 7) is 2.50. The molecule has 5 heteroatoms. The molecule has 1 aliphatic heterocycles. The van der Waals surface area contributed by atoms with Gasteiger partial charge in [-0.3, -0.25) is 9.69 Å². The lowest BCUT2D eigenvalue weighted by Gasteiger charge is -2.16. The van der Waals surface area contributed by atoms with Gasteiger partial charge in [0.1, 0.15) is 11.4 Å². The van der Waals surface area contributed by atoms with E-state index in [4.69, 9.17) is 17.0 Å². The van der Waals surface area contributed by atoms with Gasteiger partial charge < -0.3 is 9.64 Å². The zero-order valence-corrected chi connectivity index (χ0v) is 16.6. The molecule has 4 nitrogen and oxygen atoms in total. The fourth-order valence-electron chi connectivity index (χ4n) is 3.40. The van der Waals surface area contributed by atoms with Gasteiger partial charge in [-0.1, -0.05) is 48.5 Å². The van der Waals surface area contributed by atoms with E-state index in [1.807, 2.05) is 86.8 Å². The predicted molar refractivity (Wildman–Crippen MR) is 117 cm³/mol. The molecule has 0 saturated carbocycles. The van der Waals surface area contributed by atoms with E-state index in [9.17, 15) is 4.79 Å². The summed E-state index contributed by atoms with van der Waals surface area (Å²) >= 11 is 5.55. The van der Waals surface area contributed by atoms with Crippen molar-refractivity contribution in [3.05, 3.63) is 78.0 Å². The maximum absolute atomic E-state index is 13.2. The van der Waals surface area contributed by atoms with Crippen LogP contribution in [0, 0.1) is 0 Å². The molecule has 3 aromatic rings. The molecule has 1 amide bonds. The number of amides is 1. The van der Waals surface area contributed by atoms with Crippen LogP contribution in [-0.4, -0.2) is 29.6 Å². The van der Waals surface area contributed by atoms with Crippen LogP contribution in [0.3, 0.4) is 0 Å². The third-order valence-corrected chi connectivity index (χ3v) is 5.24. The number of hydrogen-bond acceptors (Lipinski definition) is 3. The smallest absolute Gasteiger partial charge is 0.281 e. The fourth-order valence-corrected chi connectivity index (χ4v) is 3.69. The molecule has 0 atom stereocenters. The second-order valence-corrected chi connectivity index (χ2v) is 6.84. The number of nitrogens with zero attached hydrogens (tertiary/aromatic N) is 2. The highest BCUT2D eigenvalue weighted by molar-refractivity contribution is 7.80. The van der Waals surface area contributed by atoms with Crippen LogP contribution in [0.5, 0.6) is 5.75 Å². The van der Waals surface area contributed by atoms with Crippen molar-refractivity contribution < 1.29 is 9.53 Å². The quantitative estimate of drug-likeness (QED) is 0.473. The van der Waals surface area contributed by atoms with Crippen molar-refractivity contribution in [2.75, 3.05) is 18.6 Å². The predicted octanol–water partition coefficient (Wildman–Crippen LogP) is 4.84. The molecule has 0 N–H and O–H groups in total. The Kier molecular flexibility index (Phi) is 4.84. The zero-order valence-electron chi connectivity index (χ0n) is 15.8. The Labute approximate surface area is 169 Å². The first-order valence-corrected chi connectivity index (χ1v) is 9.56. The molecule has 3 aromatic carbocycles. The molecule has 0 bridgehead atoms. The lowest BCUT2D eigenvalue weighted by atomic mass is 10.0. The number of thiocarbonyl (C=S) groups is 1. The number of carbonyl (C=O) groups excluding carboxylic acids is 1. The lowest BCUT2D eigenvalue weighted by molar-refractivity contribution is -0.114. The minimum Gasteiger partial charge on any atom is -0.493 e. The van der Waals surface area contributed by atoms with E-state index in [0.29, 0.717) is 17.4 Å². The molecule has 0 aliphatic carbocycles. The highest BCUT2D eigenvalue weighted by Gasteiger charge is 2.37. The third-order valence-electron chi connectivity index (χ3n) is 4.79. The summed E-state index contributed by atoms with van der Waals surface area (Å²) in [6.07, 6.45) is 1.88. The van der Waals surface area contributed by atoms with Gasteiger partial charge in [0.15, 0.2) is 5.11 Å². The van der Waals surface area contributed by atoms with Crippen LogP contribution in [0.15, 0.2) is 72.4 Å². The molecule has 28 heavy (non-hydrogen) atoms. The summed E-state index contributed by atoms with van der Waals surface area (Å²) in [5, 5.41) is 2.58. The highest BCUT2D eigenvalue weighted by Crippen LogP contribution is 2.33. The summed E-state index contributed by atoms with van der Waals surface area (Å²) < 4.78 is 5.84. The van der Waals surface area contributed by atoms with Gasteiger partial charge in [0.05, 0.1) is 12.3 Å². The number of para-hydroxylation sites is 1. The minimum absolute atomic E-state index is 0.144. The first kappa shape index (κ1) is 18.2. The zero-order chi connectivity index (χ0) is 19.7. The van der Waals surface area contributed by atoms with Gasteiger partial charge in [-0.25, -0.2) is 0 Å². The number of benzene rings is 3. The first-order chi connectivity index (χ1) is 13.6. The Balaban J connectivity index is 1.86. The molecule has 0 radical (unpaired) electrons. The number of hydrogen-bond donors (Lipinski definition) is 0. The standard InChI is InChI=1S/C23H20N2O2S/c1-3-27-21-14-13-16-9-7-8-12-18(16)19(21)15-20-22(26)25(23(28)24(20)2)17-10-5-4-6-11-17/h4-15H,3H2,1-2H3/b20-15-. The van der Waals surface area contributed by atoms with Crippen LogP contribution >= 0.6 is 12.2 Å². The minimum atomic E-state index is -0.144. The van der Waals surface area contributed by atoms with Crippen LogP contribution in [0.4, 0.5) is 5.69 Å². The van der Waals surface area contributed by atoms with Crippen LogP contribution in [-0.2, 0) is 4.79 Å². The van der Waals surface area contributed by atoms with Gasteiger partial charge in [-0.2, -0.15) is 0 Å². The van der Waals surface area contributed by atoms with Crippen molar-refractivity contribution in [1.29, 1.82) is 0 Å². The molecule has 1 heterocycles. The van der Waals surface area contributed by atoms with Crippen LogP contribution in [0.25, 0.3) is 16.8 Å². The molecule has 1 aliphatic rings. The number of ether oxygens (including phenoxy) is 1. The Morgan fingerprint density at radius 1 is 1.00 bits per heavy atom. The highest BCUT2D eigenvalue weighted by atomic mass is 32.1. The van der Waals surface area contributed by atoms with Crippen LogP contribution < -0.4 is 9.64 Å².